The average Bonchev–Trinajstić information content (AvgIpc) is 2.74. The number of nitrogens with one attached hydrogen (secondary N) is 1. The highest BCUT2D eigenvalue weighted by atomic mass is 16.5. The van der Waals surface area contributed by atoms with Crippen molar-refractivity contribution >= 4 is 5.91 Å². The summed E-state index contributed by atoms with van der Waals surface area (Å²) in [5.41, 5.74) is 3.30. The summed E-state index contributed by atoms with van der Waals surface area (Å²) in [4.78, 5) is 11.2. The van der Waals surface area contributed by atoms with Gasteiger partial charge in [-0.15, -0.1) is 0 Å². The number of unbranched alkanes of at least 4 members (excludes halogenated alkanes) is 1. The van der Waals surface area contributed by atoms with Crippen LogP contribution in [0.2, 0.25) is 0 Å². The minimum absolute atomic E-state index is 0.00552. The van der Waals surface area contributed by atoms with Crippen LogP contribution in [0.25, 0.3) is 11.1 Å². The third-order valence-electron chi connectivity index (χ3n) is 4.83. The number of ether oxygens (including phenoxy) is 2. The molecule has 4 heteroatoms. The molecule has 0 saturated heterocycles. The lowest BCUT2D eigenvalue weighted by Gasteiger charge is -2.13. The average molecular weight is 404 g/mol. The first-order chi connectivity index (χ1) is 14.5. The molecule has 0 aliphatic carbocycles. The van der Waals surface area contributed by atoms with Gasteiger partial charge in [0.1, 0.15) is 17.2 Å². The molecule has 0 bridgehead atoms. The van der Waals surface area contributed by atoms with Crippen molar-refractivity contribution in [1.29, 1.82) is 0 Å². The van der Waals surface area contributed by atoms with E-state index < -0.39 is 0 Å². The topological polar surface area (TPSA) is 47.6 Å². The minimum atomic E-state index is -0.0276. The molecule has 1 N–H and O–H groups in total. The summed E-state index contributed by atoms with van der Waals surface area (Å²) in [5.74, 6) is 2.33. The zero-order chi connectivity index (χ0) is 21.3. The van der Waals surface area contributed by atoms with E-state index in [1.807, 2.05) is 67.6 Å². The largest absolute Gasteiger partial charge is 0.493 e. The fourth-order valence-electron chi connectivity index (χ4n) is 3.17. The third kappa shape index (κ3) is 6.11. The van der Waals surface area contributed by atoms with Crippen molar-refractivity contribution < 1.29 is 14.3 Å². The molecule has 0 spiro atoms. The predicted molar refractivity (Wildman–Crippen MR) is 121 cm³/mol. The summed E-state index contributed by atoms with van der Waals surface area (Å²) in [6.45, 7) is 6.38. The highest BCUT2D eigenvalue weighted by molar-refractivity contribution is 5.73. The van der Waals surface area contributed by atoms with Gasteiger partial charge in [-0.25, -0.2) is 0 Å². The van der Waals surface area contributed by atoms with Gasteiger partial charge in [-0.1, -0.05) is 55.8 Å². The van der Waals surface area contributed by atoms with Crippen LogP contribution < -0.4 is 14.8 Å². The summed E-state index contributed by atoms with van der Waals surface area (Å²) in [7, 11) is 0. The molecule has 0 radical (unpaired) electrons. The fraction of sp³-hybridized carbons (Fsp3) is 0.269. The summed E-state index contributed by atoms with van der Waals surface area (Å²) < 4.78 is 11.7. The Labute approximate surface area is 178 Å². The van der Waals surface area contributed by atoms with Gasteiger partial charge in [0.05, 0.1) is 12.6 Å². The molecule has 0 aromatic heterocycles. The standard InChI is InChI=1S/C26H29NO3/c1-4-5-17-29-25-7-6-8-26(18-25)30-24-15-13-23(14-16-24)22-11-9-21(10-12-22)19(2)27-20(3)28/h6-16,18-19H,4-5,17H2,1-3H3,(H,27,28). The molecule has 156 valence electrons. The normalized spacial score (nSPS) is 11.6. The molecule has 1 unspecified atom stereocenters. The van der Waals surface area contributed by atoms with Crippen molar-refractivity contribution in [3.8, 4) is 28.4 Å². The molecule has 0 saturated carbocycles. The van der Waals surface area contributed by atoms with Crippen LogP contribution in [-0.2, 0) is 4.79 Å². The van der Waals surface area contributed by atoms with Crippen LogP contribution in [0.4, 0.5) is 0 Å². The van der Waals surface area contributed by atoms with Crippen molar-refractivity contribution in [2.24, 2.45) is 0 Å². The Morgan fingerprint density at radius 3 is 2.17 bits per heavy atom. The summed E-state index contributed by atoms with van der Waals surface area (Å²) in [6, 6.07) is 24.0. The second kappa shape index (κ2) is 10.5. The Kier molecular flexibility index (Phi) is 7.50. The zero-order valence-corrected chi connectivity index (χ0v) is 17.9. The number of carbonyl (C=O) groups excluding carboxylic acids is 1. The second-order valence-electron chi connectivity index (χ2n) is 7.35. The van der Waals surface area contributed by atoms with Crippen LogP contribution in [0, 0.1) is 0 Å². The monoisotopic (exact) mass is 403 g/mol. The maximum Gasteiger partial charge on any atom is 0.217 e. The van der Waals surface area contributed by atoms with E-state index in [0.717, 1.165) is 53.4 Å². The van der Waals surface area contributed by atoms with Crippen molar-refractivity contribution in [3.05, 3.63) is 78.4 Å². The van der Waals surface area contributed by atoms with Gasteiger partial charge in [0.2, 0.25) is 5.91 Å². The Balaban J connectivity index is 1.64. The first-order valence-electron chi connectivity index (χ1n) is 10.4. The van der Waals surface area contributed by atoms with Crippen LogP contribution in [0.3, 0.4) is 0 Å². The number of amides is 1. The Bertz CT molecular complexity index is 949. The zero-order valence-electron chi connectivity index (χ0n) is 17.9. The molecule has 4 nitrogen and oxygen atoms in total. The molecular formula is C26H29NO3. The maximum atomic E-state index is 11.2. The minimum Gasteiger partial charge on any atom is -0.493 e. The molecule has 30 heavy (non-hydrogen) atoms. The van der Waals surface area contributed by atoms with E-state index in [0.29, 0.717) is 0 Å². The van der Waals surface area contributed by atoms with Gasteiger partial charge in [0.25, 0.3) is 0 Å². The Morgan fingerprint density at radius 1 is 0.900 bits per heavy atom. The number of benzene rings is 3. The quantitative estimate of drug-likeness (QED) is 0.414. The number of hydrogen-bond donors (Lipinski definition) is 1. The number of carbonyl (C=O) groups is 1. The number of hydrogen-bond acceptors (Lipinski definition) is 3. The number of rotatable bonds is 9. The lowest BCUT2D eigenvalue weighted by molar-refractivity contribution is -0.119. The van der Waals surface area contributed by atoms with Crippen molar-refractivity contribution in [3.63, 3.8) is 0 Å². The molecule has 3 aromatic rings. The summed E-state index contributed by atoms with van der Waals surface area (Å²) in [6.07, 6.45) is 2.15. The predicted octanol–water partition coefficient (Wildman–Crippen LogP) is 6.52. The van der Waals surface area contributed by atoms with Gasteiger partial charge < -0.3 is 14.8 Å². The van der Waals surface area contributed by atoms with Crippen LogP contribution in [0.15, 0.2) is 72.8 Å². The van der Waals surface area contributed by atoms with E-state index in [9.17, 15) is 4.79 Å². The van der Waals surface area contributed by atoms with Crippen LogP contribution >= 0.6 is 0 Å². The van der Waals surface area contributed by atoms with Crippen LogP contribution in [0.5, 0.6) is 17.2 Å². The van der Waals surface area contributed by atoms with Gasteiger partial charge in [-0.3, -0.25) is 4.79 Å². The lowest BCUT2D eigenvalue weighted by atomic mass is 10.0. The Morgan fingerprint density at radius 2 is 1.53 bits per heavy atom. The van der Waals surface area contributed by atoms with E-state index >= 15 is 0 Å². The molecular weight excluding hydrogens is 374 g/mol. The van der Waals surface area contributed by atoms with Crippen molar-refractivity contribution in [2.75, 3.05) is 6.61 Å². The van der Waals surface area contributed by atoms with Gasteiger partial charge in [-0.2, -0.15) is 0 Å². The van der Waals surface area contributed by atoms with E-state index in [4.69, 9.17) is 9.47 Å². The molecule has 0 aliphatic rings. The van der Waals surface area contributed by atoms with Crippen LogP contribution in [0.1, 0.15) is 45.2 Å². The van der Waals surface area contributed by atoms with Crippen LogP contribution in [-0.4, -0.2) is 12.5 Å². The molecule has 0 heterocycles. The van der Waals surface area contributed by atoms with Crippen molar-refractivity contribution in [2.45, 2.75) is 39.7 Å². The molecule has 1 amide bonds. The van der Waals surface area contributed by atoms with E-state index in [-0.39, 0.29) is 11.9 Å². The molecule has 0 aliphatic heterocycles. The highest BCUT2D eigenvalue weighted by Crippen LogP contribution is 2.28. The third-order valence-corrected chi connectivity index (χ3v) is 4.83. The van der Waals surface area contributed by atoms with Crippen molar-refractivity contribution in [1.82, 2.24) is 5.32 Å². The lowest BCUT2D eigenvalue weighted by Crippen LogP contribution is -2.23. The molecule has 0 fully saturated rings. The molecule has 3 aromatic carbocycles. The Hall–Kier alpha value is -3.27. The first-order valence-corrected chi connectivity index (χ1v) is 10.4. The van der Waals surface area contributed by atoms with Gasteiger partial charge in [-0.05, 0) is 54.3 Å². The van der Waals surface area contributed by atoms with E-state index in [1.54, 1.807) is 0 Å². The van der Waals surface area contributed by atoms with Gasteiger partial charge in [0, 0.05) is 13.0 Å². The molecule has 1 atom stereocenters. The fourth-order valence-corrected chi connectivity index (χ4v) is 3.17. The second-order valence-corrected chi connectivity index (χ2v) is 7.35. The summed E-state index contributed by atoms with van der Waals surface area (Å²) >= 11 is 0. The van der Waals surface area contributed by atoms with E-state index in [2.05, 4.69) is 24.4 Å². The SMILES string of the molecule is CCCCOc1cccc(Oc2ccc(-c3ccc(C(C)NC(C)=O)cc3)cc2)c1. The highest BCUT2D eigenvalue weighted by Gasteiger charge is 2.07. The summed E-state index contributed by atoms with van der Waals surface area (Å²) in [5, 5.41) is 2.90. The molecule has 3 rings (SSSR count). The first kappa shape index (κ1) is 21.4. The van der Waals surface area contributed by atoms with E-state index in [1.165, 1.54) is 6.92 Å². The smallest absolute Gasteiger partial charge is 0.217 e. The maximum absolute atomic E-state index is 11.2. The van der Waals surface area contributed by atoms with Gasteiger partial charge >= 0.3 is 0 Å². The van der Waals surface area contributed by atoms with Gasteiger partial charge in [0.15, 0.2) is 0 Å².